The molecule has 6 heteroatoms. The molecule has 0 unspecified atom stereocenters. The lowest BCUT2D eigenvalue weighted by Gasteiger charge is -2.57. The molecule has 2 aromatic rings. The van der Waals surface area contributed by atoms with Gasteiger partial charge in [-0.1, -0.05) is 37.1 Å². The summed E-state index contributed by atoms with van der Waals surface area (Å²) < 4.78 is 0. The number of nitrogens with zero attached hydrogens (tertiary/aromatic N) is 3. The molecule has 3 aliphatic rings. The molecule has 2 amide bonds. The fourth-order valence-electron chi connectivity index (χ4n) is 5.90. The number of aliphatic hydroxyl groups excluding tert-OH is 1. The van der Waals surface area contributed by atoms with E-state index in [4.69, 9.17) is 0 Å². The monoisotopic (exact) mass is 434 g/mol. The zero-order valence-corrected chi connectivity index (χ0v) is 18.7. The van der Waals surface area contributed by atoms with E-state index in [0.717, 1.165) is 50.9 Å². The molecule has 3 fully saturated rings. The summed E-state index contributed by atoms with van der Waals surface area (Å²) >= 11 is 0. The Kier molecular flexibility index (Phi) is 6.42. The van der Waals surface area contributed by atoms with Crippen molar-refractivity contribution >= 4 is 6.03 Å². The van der Waals surface area contributed by atoms with E-state index in [9.17, 15) is 9.90 Å². The lowest BCUT2D eigenvalue weighted by Crippen LogP contribution is -2.68. The van der Waals surface area contributed by atoms with E-state index in [-0.39, 0.29) is 30.6 Å². The number of hydrogen-bond acceptors (Lipinski definition) is 4. The largest absolute Gasteiger partial charge is 0.395 e. The molecule has 2 aliphatic heterocycles. The molecular weight excluding hydrogens is 400 g/mol. The van der Waals surface area contributed by atoms with Crippen molar-refractivity contribution in [2.75, 3.05) is 26.2 Å². The smallest absolute Gasteiger partial charge is 0.317 e. The molecule has 1 aromatic heterocycles. The number of rotatable bonds is 4. The van der Waals surface area contributed by atoms with Gasteiger partial charge in [-0.2, -0.15) is 0 Å². The van der Waals surface area contributed by atoms with Gasteiger partial charge in [0, 0.05) is 49.5 Å². The second-order valence-corrected chi connectivity index (χ2v) is 9.52. The molecule has 170 valence electrons. The number of aromatic nitrogens is 1. The topological polar surface area (TPSA) is 68.7 Å². The van der Waals surface area contributed by atoms with Gasteiger partial charge in [-0.05, 0) is 61.1 Å². The quantitative estimate of drug-likeness (QED) is 0.771. The molecule has 3 heterocycles. The average molecular weight is 435 g/mol. The summed E-state index contributed by atoms with van der Waals surface area (Å²) in [7, 11) is 0. The van der Waals surface area contributed by atoms with Crippen LogP contribution in [-0.4, -0.2) is 70.3 Å². The number of benzene rings is 1. The number of fused-ring (bicyclic) bond motifs is 1. The summed E-state index contributed by atoms with van der Waals surface area (Å²) in [5.41, 5.74) is 3.57. The predicted molar refractivity (Wildman–Crippen MR) is 125 cm³/mol. The van der Waals surface area contributed by atoms with Gasteiger partial charge in [0.1, 0.15) is 0 Å². The van der Waals surface area contributed by atoms with Crippen molar-refractivity contribution < 1.29 is 9.90 Å². The molecule has 3 atom stereocenters. The zero-order valence-electron chi connectivity index (χ0n) is 18.7. The molecular formula is C26H34N4O2. The Labute approximate surface area is 190 Å². The summed E-state index contributed by atoms with van der Waals surface area (Å²) in [6, 6.07) is 13.6. The fraction of sp³-hybridized carbons (Fsp3) is 0.538. The van der Waals surface area contributed by atoms with Gasteiger partial charge in [-0.15, -0.1) is 0 Å². The summed E-state index contributed by atoms with van der Waals surface area (Å²) in [6.07, 6.45) is 10.4. The molecule has 32 heavy (non-hydrogen) atoms. The summed E-state index contributed by atoms with van der Waals surface area (Å²) in [6.45, 7) is 2.70. The van der Waals surface area contributed by atoms with E-state index < -0.39 is 0 Å². The number of aliphatic hydroxyl groups is 1. The molecule has 2 N–H and O–H groups in total. The number of nitrogens with one attached hydrogen (secondary N) is 1. The third-order valence-corrected chi connectivity index (χ3v) is 7.65. The molecule has 1 saturated carbocycles. The maximum absolute atomic E-state index is 13.0. The number of urea groups is 1. The van der Waals surface area contributed by atoms with Gasteiger partial charge in [0.05, 0.1) is 6.61 Å². The highest BCUT2D eigenvalue weighted by Gasteiger charge is 2.49. The standard InChI is InChI=1S/C26H34N4O2/c31-18-24-25(21-9-7-19(8-10-21)20-11-13-27-14-12-20)23-17-29(15-3-4-16-30(23)24)26(32)28-22-5-1-2-6-22/h7-14,22-25,31H,1-6,15-18H2,(H,28,32)/t23-,24-,25-/m0/s1. The first-order chi connectivity index (χ1) is 15.7. The Morgan fingerprint density at radius 1 is 0.969 bits per heavy atom. The maximum atomic E-state index is 13.0. The molecule has 1 aromatic carbocycles. The van der Waals surface area contributed by atoms with Gasteiger partial charge < -0.3 is 15.3 Å². The van der Waals surface area contributed by atoms with Crippen molar-refractivity contribution in [3.8, 4) is 11.1 Å². The normalized spacial score (nSPS) is 26.7. The molecule has 0 radical (unpaired) electrons. The minimum Gasteiger partial charge on any atom is -0.395 e. The van der Waals surface area contributed by atoms with Crippen LogP contribution >= 0.6 is 0 Å². The van der Waals surface area contributed by atoms with Gasteiger partial charge >= 0.3 is 6.03 Å². The lowest BCUT2D eigenvalue weighted by molar-refractivity contribution is -0.0591. The zero-order chi connectivity index (χ0) is 21.9. The van der Waals surface area contributed by atoms with Crippen LogP contribution in [0.25, 0.3) is 11.1 Å². The highest BCUT2D eigenvalue weighted by Crippen LogP contribution is 2.42. The van der Waals surface area contributed by atoms with E-state index in [1.807, 2.05) is 29.4 Å². The van der Waals surface area contributed by atoms with E-state index in [2.05, 4.69) is 39.5 Å². The summed E-state index contributed by atoms with van der Waals surface area (Å²) in [4.78, 5) is 21.6. The van der Waals surface area contributed by atoms with E-state index in [1.54, 1.807) is 0 Å². The van der Waals surface area contributed by atoms with Crippen LogP contribution in [0.15, 0.2) is 48.8 Å². The number of carbonyl (C=O) groups excluding carboxylic acids is 1. The van der Waals surface area contributed by atoms with Crippen molar-refractivity contribution in [2.45, 2.75) is 62.6 Å². The second-order valence-electron chi connectivity index (χ2n) is 9.52. The van der Waals surface area contributed by atoms with E-state index in [0.29, 0.717) is 6.04 Å². The first-order valence-corrected chi connectivity index (χ1v) is 12.2. The van der Waals surface area contributed by atoms with Crippen LogP contribution in [-0.2, 0) is 0 Å². The van der Waals surface area contributed by atoms with Gasteiger partial charge in [-0.3, -0.25) is 9.88 Å². The van der Waals surface area contributed by atoms with Crippen LogP contribution < -0.4 is 5.32 Å². The Morgan fingerprint density at radius 3 is 2.38 bits per heavy atom. The van der Waals surface area contributed by atoms with Crippen LogP contribution in [0, 0.1) is 0 Å². The molecule has 5 rings (SSSR count). The highest BCUT2D eigenvalue weighted by molar-refractivity contribution is 5.74. The SMILES string of the molecule is O=C(NC1CCCC1)N1CCCCN2[C@@H](CO)[C@@H](c3ccc(-c4ccncc4)cc3)[C@@H]2C1. The van der Waals surface area contributed by atoms with Crippen LogP contribution in [0.3, 0.4) is 0 Å². The fourth-order valence-corrected chi connectivity index (χ4v) is 5.90. The number of carbonyl (C=O) groups is 1. The Hall–Kier alpha value is -2.44. The van der Waals surface area contributed by atoms with Crippen LogP contribution in [0.4, 0.5) is 4.79 Å². The van der Waals surface area contributed by atoms with Gasteiger partial charge in [-0.25, -0.2) is 4.79 Å². The van der Waals surface area contributed by atoms with E-state index in [1.165, 1.54) is 24.0 Å². The van der Waals surface area contributed by atoms with Crippen LogP contribution in [0.2, 0.25) is 0 Å². The summed E-state index contributed by atoms with van der Waals surface area (Å²) in [5.74, 6) is 0.242. The van der Waals surface area contributed by atoms with Crippen molar-refractivity contribution in [1.82, 2.24) is 20.1 Å². The third-order valence-electron chi connectivity index (χ3n) is 7.65. The minimum atomic E-state index is 0.0954. The first kappa shape index (κ1) is 21.4. The Bertz CT molecular complexity index is 898. The molecule has 6 nitrogen and oxygen atoms in total. The van der Waals surface area contributed by atoms with Crippen LogP contribution in [0.5, 0.6) is 0 Å². The molecule has 0 bridgehead atoms. The average Bonchev–Trinajstić information content (AvgIpc) is 3.32. The summed E-state index contributed by atoms with van der Waals surface area (Å²) in [5, 5.41) is 13.5. The molecule has 1 aliphatic carbocycles. The second kappa shape index (κ2) is 9.59. The molecule has 0 spiro atoms. The Balaban J connectivity index is 1.33. The van der Waals surface area contributed by atoms with Gasteiger partial charge in [0.2, 0.25) is 0 Å². The van der Waals surface area contributed by atoms with Gasteiger partial charge in [0.25, 0.3) is 0 Å². The van der Waals surface area contributed by atoms with Crippen molar-refractivity contribution in [3.05, 3.63) is 54.4 Å². The van der Waals surface area contributed by atoms with Crippen molar-refractivity contribution in [2.24, 2.45) is 0 Å². The maximum Gasteiger partial charge on any atom is 0.317 e. The number of pyridine rings is 1. The third kappa shape index (κ3) is 4.26. The van der Waals surface area contributed by atoms with Crippen molar-refractivity contribution in [3.63, 3.8) is 0 Å². The van der Waals surface area contributed by atoms with Gasteiger partial charge in [0.15, 0.2) is 0 Å². The first-order valence-electron chi connectivity index (χ1n) is 12.2. The van der Waals surface area contributed by atoms with Crippen LogP contribution in [0.1, 0.15) is 50.0 Å². The van der Waals surface area contributed by atoms with Crippen molar-refractivity contribution in [1.29, 1.82) is 0 Å². The molecule has 2 saturated heterocycles. The number of hydrogen-bond donors (Lipinski definition) is 2. The predicted octanol–water partition coefficient (Wildman–Crippen LogP) is 3.63. The number of amides is 2. The lowest BCUT2D eigenvalue weighted by atomic mass is 9.74. The minimum absolute atomic E-state index is 0.0954. The highest BCUT2D eigenvalue weighted by atomic mass is 16.3. The Morgan fingerprint density at radius 2 is 1.66 bits per heavy atom. The van der Waals surface area contributed by atoms with E-state index >= 15 is 0 Å².